The Morgan fingerprint density at radius 3 is 2.26 bits per heavy atom. The molecule has 0 aliphatic rings. The molecule has 2 N–H and O–H groups in total. The van der Waals surface area contributed by atoms with Gasteiger partial charge in [0, 0.05) is 15.1 Å². The van der Waals surface area contributed by atoms with Crippen LogP contribution in [0.3, 0.4) is 0 Å². The fourth-order valence-corrected chi connectivity index (χ4v) is 4.88. The fraction of sp³-hybridized carbons (Fsp3) is 0.0714. The average Bonchev–Trinajstić information content (AvgIpc) is 2.85. The van der Waals surface area contributed by atoms with E-state index < -0.39 is 11.1 Å². The number of carbonyl (C=O) groups excluding carboxylic acids is 2. The van der Waals surface area contributed by atoms with Crippen molar-refractivity contribution in [2.45, 2.75) is 16.6 Å². The van der Waals surface area contributed by atoms with Crippen LogP contribution in [0.25, 0.3) is 0 Å². The van der Waals surface area contributed by atoms with Crippen LogP contribution < -0.4 is 10.6 Å². The number of rotatable bonds is 8. The summed E-state index contributed by atoms with van der Waals surface area (Å²) in [6, 6.07) is 30.7. The number of anilines is 2. The van der Waals surface area contributed by atoms with Gasteiger partial charge in [0.05, 0.1) is 12.1 Å². The molecule has 2 amide bonds. The maximum Gasteiger partial charge on any atom is 0.242 e. The molecule has 7 heteroatoms. The van der Waals surface area contributed by atoms with Crippen LogP contribution in [-0.2, 0) is 16.0 Å². The van der Waals surface area contributed by atoms with Gasteiger partial charge in [-0.2, -0.15) is 0 Å². The van der Waals surface area contributed by atoms with E-state index in [0.29, 0.717) is 10.2 Å². The van der Waals surface area contributed by atoms with Gasteiger partial charge in [0.2, 0.25) is 11.8 Å². The minimum absolute atomic E-state index is 0.113. The third kappa shape index (κ3) is 7.04. The highest BCUT2D eigenvalue weighted by atomic mass is 79.9. The van der Waals surface area contributed by atoms with Crippen molar-refractivity contribution in [3.63, 3.8) is 0 Å². The first-order valence-corrected chi connectivity index (χ1v) is 12.6. The SMILES string of the molecule is O=C(Cc1ccccc1)Nc1cccc(SC(C(=O)Nc2ccc(Br)cc2F)c2ccccc2)c1. The Morgan fingerprint density at radius 1 is 0.829 bits per heavy atom. The first-order chi connectivity index (χ1) is 17.0. The lowest BCUT2D eigenvalue weighted by molar-refractivity contribution is -0.116. The van der Waals surface area contributed by atoms with Gasteiger partial charge in [-0.3, -0.25) is 9.59 Å². The van der Waals surface area contributed by atoms with Crippen molar-refractivity contribution in [3.8, 4) is 0 Å². The lowest BCUT2D eigenvalue weighted by Gasteiger charge is -2.18. The summed E-state index contributed by atoms with van der Waals surface area (Å²) in [6.45, 7) is 0. The molecule has 1 atom stereocenters. The van der Waals surface area contributed by atoms with E-state index in [-0.39, 0.29) is 23.9 Å². The molecule has 0 heterocycles. The highest BCUT2D eigenvalue weighted by molar-refractivity contribution is 9.10. The van der Waals surface area contributed by atoms with Crippen molar-refractivity contribution in [1.82, 2.24) is 0 Å². The van der Waals surface area contributed by atoms with Crippen molar-refractivity contribution >= 4 is 50.9 Å². The van der Waals surface area contributed by atoms with E-state index >= 15 is 0 Å². The Kier molecular flexibility index (Phi) is 8.34. The number of nitrogens with one attached hydrogen (secondary N) is 2. The predicted octanol–water partition coefficient (Wildman–Crippen LogP) is 7.24. The first kappa shape index (κ1) is 24.7. The molecule has 0 spiro atoms. The lowest BCUT2D eigenvalue weighted by atomic mass is 10.1. The van der Waals surface area contributed by atoms with E-state index in [2.05, 4.69) is 26.6 Å². The third-order valence-corrected chi connectivity index (χ3v) is 6.85. The van der Waals surface area contributed by atoms with Crippen LogP contribution in [0.1, 0.15) is 16.4 Å². The van der Waals surface area contributed by atoms with E-state index in [1.165, 1.54) is 23.9 Å². The summed E-state index contributed by atoms with van der Waals surface area (Å²) in [6.07, 6.45) is 0.270. The molecule has 0 saturated heterocycles. The smallest absolute Gasteiger partial charge is 0.242 e. The summed E-state index contributed by atoms with van der Waals surface area (Å²) in [5, 5.41) is 4.99. The zero-order chi connectivity index (χ0) is 24.6. The van der Waals surface area contributed by atoms with Gasteiger partial charge in [-0.05, 0) is 47.5 Å². The van der Waals surface area contributed by atoms with Crippen LogP contribution in [0.2, 0.25) is 0 Å². The molecule has 0 aromatic heterocycles. The highest BCUT2D eigenvalue weighted by Gasteiger charge is 2.23. The summed E-state index contributed by atoms with van der Waals surface area (Å²) < 4.78 is 14.9. The minimum atomic E-state index is -0.630. The molecule has 176 valence electrons. The highest BCUT2D eigenvalue weighted by Crippen LogP contribution is 2.37. The quantitative estimate of drug-likeness (QED) is 0.228. The number of amides is 2. The van der Waals surface area contributed by atoms with Crippen molar-refractivity contribution in [2.24, 2.45) is 0 Å². The zero-order valence-electron chi connectivity index (χ0n) is 18.6. The van der Waals surface area contributed by atoms with Gasteiger partial charge in [0.1, 0.15) is 11.1 Å². The van der Waals surface area contributed by atoms with Crippen molar-refractivity contribution in [1.29, 1.82) is 0 Å². The summed E-state index contributed by atoms with van der Waals surface area (Å²) in [5.41, 5.74) is 2.46. The topological polar surface area (TPSA) is 58.2 Å². The molecule has 4 aromatic rings. The third-order valence-electron chi connectivity index (χ3n) is 5.11. The zero-order valence-corrected chi connectivity index (χ0v) is 21.0. The predicted molar refractivity (Wildman–Crippen MR) is 143 cm³/mol. The molecule has 0 saturated carbocycles. The maximum absolute atomic E-state index is 14.3. The molecule has 0 radical (unpaired) electrons. The van der Waals surface area contributed by atoms with E-state index in [1.807, 2.05) is 84.9 Å². The van der Waals surface area contributed by atoms with Crippen LogP contribution >= 0.6 is 27.7 Å². The van der Waals surface area contributed by atoms with E-state index in [0.717, 1.165) is 16.0 Å². The summed E-state index contributed by atoms with van der Waals surface area (Å²) in [7, 11) is 0. The Bertz CT molecular complexity index is 1320. The van der Waals surface area contributed by atoms with E-state index in [1.54, 1.807) is 6.07 Å². The number of hydrogen-bond donors (Lipinski definition) is 2. The molecule has 4 nitrogen and oxygen atoms in total. The maximum atomic E-state index is 14.3. The second kappa shape index (κ2) is 11.8. The minimum Gasteiger partial charge on any atom is -0.326 e. The number of thioether (sulfide) groups is 1. The molecule has 0 aliphatic heterocycles. The molecule has 0 bridgehead atoms. The van der Waals surface area contributed by atoms with Crippen LogP contribution in [0, 0.1) is 5.82 Å². The van der Waals surface area contributed by atoms with Gasteiger partial charge in [0.25, 0.3) is 0 Å². The summed E-state index contributed by atoms with van der Waals surface area (Å²) >= 11 is 4.56. The largest absolute Gasteiger partial charge is 0.326 e. The molecule has 4 rings (SSSR count). The lowest BCUT2D eigenvalue weighted by Crippen LogP contribution is -2.19. The summed E-state index contributed by atoms with van der Waals surface area (Å²) in [4.78, 5) is 26.5. The molecule has 1 unspecified atom stereocenters. The van der Waals surface area contributed by atoms with Gasteiger partial charge in [-0.1, -0.05) is 82.7 Å². The van der Waals surface area contributed by atoms with Gasteiger partial charge >= 0.3 is 0 Å². The Morgan fingerprint density at radius 2 is 1.54 bits per heavy atom. The van der Waals surface area contributed by atoms with Gasteiger partial charge in [0.15, 0.2) is 0 Å². The van der Waals surface area contributed by atoms with Crippen molar-refractivity contribution < 1.29 is 14.0 Å². The molecule has 0 aliphatic carbocycles. The number of benzene rings is 4. The van der Waals surface area contributed by atoms with Crippen molar-refractivity contribution in [2.75, 3.05) is 10.6 Å². The first-order valence-electron chi connectivity index (χ1n) is 10.9. The Labute approximate surface area is 216 Å². The molecule has 0 fully saturated rings. The van der Waals surface area contributed by atoms with E-state index in [9.17, 15) is 14.0 Å². The van der Waals surface area contributed by atoms with Gasteiger partial charge in [-0.25, -0.2) is 4.39 Å². The second-order valence-electron chi connectivity index (χ2n) is 7.76. The molecule has 35 heavy (non-hydrogen) atoms. The standard InChI is InChI=1S/C28H22BrFN2O2S/c29-21-14-15-25(24(30)17-21)32-28(34)27(20-10-5-2-6-11-20)35-23-13-7-12-22(18-23)31-26(33)16-19-8-3-1-4-9-19/h1-15,17-18,27H,16H2,(H,31,33)(H,32,34). The van der Waals surface area contributed by atoms with Crippen LogP contribution in [0.4, 0.5) is 15.8 Å². The second-order valence-corrected chi connectivity index (χ2v) is 9.85. The molecule has 4 aromatic carbocycles. The Hall–Kier alpha value is -3.42. The van der Waals surface area contributed by atoms with E-state index in [4.69, 9.17) is 0 Å². The monoisotopic (exact) mass is 548 g/mol. The van der Waals surface area contributed by atoms with Crippen LogP contribution in [0.15, 0.2) is 112 Å². The molecular formula is C28H22BrFN2O2S. The average molecular weight is 549 g/mol. The van der Waals surface area contributed by atoms with Crippen molar-refractivity contribution in [3.05, 3.63) is 125 Å². The number of hydrogen-bond acceptors (Lipinski definition) is 3. The fourth-order valence-electron chi connectivity index (χ4n) is 3.46. The number of carbonyl (C=O) groups is 2. The Balaban J connectivity index is 1.51. The molecular weight excluding hydrogens is 527 g/mol. The van der Waals surface area contributed by atoms with Crippen LogP contribution in [0.5, 0.6) is 0 Å². The van der Waals surface area contributed by atoms with Gasteiger partial charge < -0.3 is 10.6 Å². The van der Waals surface area contributed by atoms with Crippen LogP contribution in [-0.4, -0.2) is 11.8 Å². The van der Waals surface area contributed by atoms with Gasteiger partial charge in [-0.15, -0.1) is 11.8 Å². The number of halogens is 2. The normalized spacial score (nSPS) is 11.5. The summed E-state index contributed by atoms with van der Waals surface area (Å²) in [5.74, 6) is -0.991.